The van der Waals surface area contributed by atoms with Crippen molar-refractivity contribution < 1.29 is 27.9 Å². The van der Waals surface area contributed by atoms with Gasteiger partial charge in [0.05, 0.1) is 6.04 Å². The summed E-state index contributed by atoms with van der Waals surface area (Å²) in [5.74, 6) is -2.95. The molecule has 0 aliphatic carbocycles. The molecule has 154 valence electrons. The van der Waals surface area contributed by atoms with E-state index < -0.39 is 35.7 Å². The quantitative estimate of drug-likeness (QED) is 0.678. The summed E-state index contributed by atoms with van der Waals surface area (Å²) in [5.41, 5.74) is -1.64. The number of rotatable bonds is 4. The molecule has 2 amide bonds. The summed E-state index contributed by atoms with van der Waals surface area (Å²) in [5, 5.41) is 14.4. The molecule has 1 heterocycles. The van der Waals surface area contributed by atoms with E-state index >= 15 is 0 Å². The first-order chi connectivity index (χ1) is 13.6. The van der Waals surface area contributed by atoms with Gasteiger partial charge in [-0.1, -0.05) is 61.0 Å². The number of Topliss-reactive ketones (excluding diaryl/α,β-unsaturated/α-hetero) is 1. The SMILES string of the molecule is CCc1ccc(C2NC(=O)NC(O)(C(F)(F)F)C2C(=O)c2ccc(C)cc2)cc1. The molecule has 5 nitrogen and oxygen atoms in total. The van der Waals surface area contributed by atoms with E-state index in [2.05, 4.69) is 5.32 Å². The van der Waals surface area contributed by atoms with Crippen molar-refractivity contribution in [3.63, 3.8) is 0 Å². The van der Waals surface area contributed by atoms with Gasteiger partial charge in [-0.2, -0.15) is 13.2 Å². The first kappa shape index (κ1) is 20.9. The molecule has 0 aromatic heterocycles. The first-order valence-corrected chi connectivity index (χ1v) is 9.14. The monoisotopic (exact) mass is 406 g/mol. The minimum Gasteiger partial charge on any atom is -0.363 e. The van der Waals surface area contributed by atoms with Crippen LogP contribution in [0.15, 0.2) is 48.5 Å². The summed E-state index contributed by atoms with van der Waals surface area (Å²) >= 11 is 0. The summed E-state index contributed by atoms with van der Waals surface area (Å²) in [6, 6.07) is 9.97. The number of benzene rings is 2. The third-order valence-electron chi connectivity index (χ3n) is 5.17. The Balaban J connectivity index is 2.13. The van der Waals surface area contributed by atoms with Gasteiger partial charge in [-0.05, 0) is 24.5 Å². The van der Waals surface area contributed by atoms with E-state index in [1.54, 1.807) is 43.3 Å². The summed E-state index contributed by atoms with van der Waals surface area (Å²) in [7, 11) is 0. The van der Waals surface area contributed by atoms with E-state index in [0.717, 1.165) is 17.5 Å². The zero-order valence-electron chi connectivity index (χ0n) is 15.9. The van der Waals surface area contributed by atoms with Crippen LogP contribution in [0.4, 0.5) is 18.0 Å². The molecule has 3 N–H and O–H groups in total. The van der Waals surface area contributed by atoms with Crippen molar-refractivity contribution in [2.24, 2.45) is 5.92 Å². The molecule has 29 heavy (non-hydrogen) atoms. The molecule has 0 saturated carbocycles. The molecule has 3 rings (SSSR count). The van der Waals surface area contributed by atoms with Crippen molar-refractivity contribution in [2.75, 3.05) is 0 Å². The highest BCUT2D eigenvalue weighted by Crippen LogP contribution is 2.44. The van der Waals surface area contributed by atoms with Gasteiger partial charge in [0.25, 0.3) is 0 Å². The molecule has 2 aromatic carbocycles. The number of carbonyl (C=O) groups excluding carboxylic acids is 2. The molecule has 0 spiro atoms. The average Bonchev–Trinajstić information content (AvgIpc) is 2.67. The molecule has 0 bridgehead atoms. The molecule has 8 heteroatoms. The molecule has 0 radical (unpaired) electrons. The van der Waals surface area contributed by atoms with Crippen molar-refractivity contribution in [3.05, 3.63) is 70.8 Å². The molecule has 1 fully saturated rings. The largest absolute Gasteiger partial charge is 0.437 e. The van der Waals surface area contributed by atoms with Gasteiger partial charge in [-0.3, -0.25) is 4.79 Å². The van der Waals surface area contributed by atoms with Crippen LogP contribution < -0.4 is 10.6 Å². The van der Waals surface area contributed by atoms with Crippen molar-refractivity contribution in [1.29, 1.82) is 0 Å². The van der Waals surface area contributed by atoms with Gasteiger partial charge < -0.3 is 15.7 Å². The molecule has 3 atom stereocenters. The number of carbonyl (C=O) groups is 2. The van der Waals surface area contributed by atoms with E-state index in [1.165, 1.54) is 17.4 Å². The van der Waals surface area contributed by atoms with Crippen LogP contribution in [-0.2, 0) is 6.42 Å². The van der Waals surface area contributed by atoms with Crippen molar-refractivity contribution in [1.82, 2.24) is 10.6 Å². The van der Waals surface area contributed by atoms with Gasteiger partial charge in [0.1, 0.15) is 5.92 Å². The van der Waals surface area contributed by atoms with Gasteiger partial charge >= 0.3 is 12.2 Å². The third kappa shape index (κ3) is 3.85. The van der Waals surface area contributed by atoms with Crippen molar-refractivity contribution in [3.8, 4) is 0 Å². The van der Waals surface area contributed by atoms with E-state index in [9.17, 15) is 27.9 Å². The number of urea groups is 1. The van der Waals surface area contributed by atoms with Gasteiger partial charge in [0.2, 0.25) is 5.72 Å². The highest BCUT2D eigenvalue weighted by Gasteiger charge is 2.66. The molecule has 1 aliphatic heterocycles. The number of halogens is 3. The predicted molar refractivity (Wildman–Crippen MR) is 100 cm³/mol. The van der Waals surface area contributed by atoms with E-state index in [1.807, 2.05) is 6.92 Å². The number of alkyl halides is 3. The lowest BCUT2D eigenvalue weighted by Crippen LogP contribution is -2.72. The molecule has 1 saturated heterocycles. The topological polar surface area (TPSA) is 78.4 Å². The second kappa shape index (κ2) is 7.51. The van der Waals surface area contributed by atoms with Crippen LogP contribution in [0, 0.1) is 12.8 Å². The Bertz CT molecular complexity index is 910. The standard InChI is InChI=1S/C21H21F3N2O3/c1-3-13-6-10-14(11-7-13)17-16(18(27)15-8-4-12(2)5-9-15)20(29,21(22,23)24)26-19(28)25-17/h4-11,16-17,29H,3H2,1-2H3,(H2,25,26,28). The number of aliphatic hydroxyl groups is 1. The normalized spacial score (nSPS) is 24.6. The lowest BCUT2D eigenvalue weighted by molar-refractivity contribution is -0.287. The number of nitrogens with one attached hydrogen (secondary N) is 2. The molecular weight excluding hydrogens is 385 g/mol. The average molecular weight is 406 g/mol. The highest BCUT2D eigenvalue weighted by atomic mass is 19.4. The fourth-order valence-corrected chi connectivity index (χ4v) is 3.47. The van der Waals surface area contributed by atoms with Crippen LogP contribution in [0.2, 0.25) is 0 Å². The Kier molecular flexibility index (Phi) is 5.40. The Labute approximate surface area is 165 Å². The van der Waals surface area contributed by atoms with E-state index in [0.29, 0.717) is 5.56 Å². The minimum atomic E-state index is -5.27. The number of aryl methyl sites for hydroxylation is 2. The van der Waals surface area contributed by atoms with Crippen LogP contribution in [0.5, 0.6) is 0 Å². The minimum absolute atomic E-state index is 0.0106. The molecule has 2 aromatic rings. The van der Waals surface area contributed by atoms with Crippen LogP contribution >= 0.6 is 0 Å². The summed E-state index contributed by atoms with van der Waals surface area (Å²) in [6.45, 7) is 3.70. The molecular formula is C21H21F3N2O3. The van der Waals surface area contributed by atoms with Gasteiger partial charge in [-0.15, -0.1) is 0 Å². The lowest BCUT2D eigenvalue weighted by atomic mass is 9.77. The van der Waals surface area contributed by atoms with Crippen LogP contribution in [0.25, 0.3) is 0 Å². The second-order valence-electron chi connectivity index (χ2n) is 7.14. The number of ketones is 1. The fraction of sp³-hybridized carbons (Fsp3) is 0.333. The van der Waals surface area contributed by atoms with E-state index in [-0.39, 0.29) is 5.56 Å². The lowest BCUT2D eigenvalue weighted by Gasteiger charge is -2.45. The number of amides is 2. The first-order valence-electron chi connectivity index (χ1n) is 9.14. The van der Waals surface area contributed by atoms with Crippen molar-refractivity contribution in [2.45, 2.75) is 38.2 Å². The van der Waals surface area contributed by atoms with E-state index in [4.69, 9.17) is 0 Å². The zero-order valence-corrected chi connectivity index (χ0v) is 15.9. The maximum Gasteiger partial charge on any atom is 0.437 e. The van der Waals surface area contributed by atoms with Crippen molar-refractivity contribution >= 4 is 11.8 Å². The highest BCUT2D eigenvalue weighted by molar-refractivity contribution is 6.00. The van der Waals surface area contributed by atoms with Gasteiger partial charge in [-0.25, -0.2) is 4.79 Å². The van der Waals surface area contributed by atoms with Crippen LogP contribution in [0.3, 0.4) is 0 Å². The van der Waals surface area contributed by atoms with Crippen LogP contribution in [0.1, 0.15) is 40.0 Å². The fourth-order valence-electron chi connectivity index (χ4n) is 3.47. The number of hydrogen-bond donors (Lipinski definition) is 3. The maximum atomic E-state index is 13.9. The predicted octanol–water partition coefficient (Wildman–Crippen LogP) is 3.66. The Hall–Kier alpha value is -2.87. The smallest absolute Gasteiger partial charge is 0.363 e. The summed E-state index contributed by atoms with van der Waals surface area (Å²) < 4.78 is 41.6. The summed E-state index contributed by atoms with van der Waals surface area (Å²) in [4.78, 5) is 25.1. The van der Waals surface area contributed by atoms with Gasteiger partial charge in [0.15, 0.2) is 5.78 Å². The van der Waals surface area contributed by atoms with Gasteiger partial charge in [0, 0.05) is 5.56 Å². The third-order valence-corrected chi connectivity index (χ3v) is 5.17. The Morgan fingerprint density at radius 3 is 2.21 bits per heavy atom. The maximum absolute atomic E-state index is 13.9. The zero-order chi connectivity index (χ0) is 21.4. The Morgan fingerprint density at radius 2 is 1.69 bits per heavy atom. The molecule has 1 aliphatic rings. The second-order valence-corrected chi connectivity index (χ2v) is 7.14. The summed E-state index contributed by atoms with van der Waals surface area (Å²) in [6.07, 6.45) is -4.55. The number of hydrogen-bond acceptors (Lipinski definition) is 3. The van der Waals surface area contributed by atoms with Crippen LogP contribution in [-0.4, -0.2) is 28.8 Å². The molecule has 3 unspecified atom stereocenters. The Morgan fingerprint density at radius 1 is 1.10 bits per heavy atom.